The first kappa shape index (κ1) is 20.8. The highest BCUT2D eigenvalue weighted by Crippen LogP contribution is 2.31. The highest BCUT2D eigenvalue weighted by atomic mass is 35.5. The third kappa shape index (κ3) is 4.32. The maximum Gasteiger partial charge on any atom is 0.276 e. The van der Waals surface area contributed by atoms with Crippen molar-refractivity contribution in [2.24, 2.45) is 0 Å². The summed E-state index contributed by atoms with van der Waals surface area (Å²) in [7, 11) is -3.86. The van der Waals surface area contributed by atoms with E-state index in [2.05, 4.69) is 9.93 Å². The average molecular weight is 479 g/mol. The van der Waals surface area contributed by atoms with E-state index in [0.717, 1.165) is 5.56 Å². The van der Waals surface area contributed by atoms with Crippen LogP contribution < -0.4 is 4.83 Å². The predicted molar refractivity (Wildman–Crippen MR) is 121 cm³/mol. The zero-order valence-corrected chi connectivity index (χ0v) is 18.3. The predicted octanol–water partition coefficient (Wildman–Crippen LogP) is 6.11. The van der Waals surface area contributed by atoms with E-state index < -0.39 is 10.0 Å². The van der Waals surface area contributed by atoms with Gasteiger partial charge in [0.1, 0.15) is 0 Å². The SMILES string of the molecule is O=S(=O)(Nn1nc(-c2ccc(Cl)c(Cl)c2)cc1-c1ccc(Cl)cc1)c1ccccc1. The van der Waals surface area contributed by atoms with Crippen LogP contribution in [-0.4, -0.2) is 18.3 Å². The van der Waals surface area contributed by atoms with E-state index >= 15 is 0 Å². The third-order valence-corrected chi connectivity index (χ3v) is 6.62. The fourth-order valence-electron chi connectivity index (χ4n) is 2.84. The Morgan fingerprint density at radius 1 is 0.767 bits per heavy atom. The van der Waals surface area contributed by atoms with Gasteiger partial charge in [-0.05, 0) is 42.5 Å². The summed E-state index contributed by atoms with van der Waals surface area (Å²) in [5, 5.41) is 5.82. The Kier molecular flexibility index (Phi) is 5.75. The number of halogens is 3. The summed E-state index contributed by atoms with van der Waals surface area (Å²) in [5.74, 6) is 0. The Bertz CT molecular complexity index is 1310. The summed E-state index contributed by atoms with van der Waals surface area (Å²) in [6.45, 7) is 0. The summed E-state index contributed by atoms with van der Waals surface area (Å²) in [6, 6.07) is 21.9. The Balaban J connectivity index is 1.82. The summed E-state index contributed by atoms with van der Waals surface area (Å²) in [6.07, 6.45) is 0. The normalized spacial score (nSPS) is 11.4. The number of aromatic nitrogens is 2. The van der Waals surface area contributed by atoms with E-state index in [0.29, 0.717) is 32.0 Å². The topological polar surface area (TPSA) is 64.0 Å². The molecule has 3 aromatic carbocycles. The minimum atomic E-state index is -3.86. The van der Waals surface area contributed by atoms with Crippen LogP contribution in [0.3, 0.4) is 0 Å². The van der Waals surface area contributed by atoms with Crippen molar-refractivity contribution in [2.75, 3.05) is 4.83 Å². The van der Waals surface area contributed by atoms with E-state index in [9.17, 15) is 8.42 Å². The number of nitrogens with zero attached hydrogens (tertiary/aromatic N) is 2. The molecule has 0 aliphatic rings. The number of sulfonamides is 1. The first-order valence-corrected chi connectivity index (χ1v) is 11.3. The van der Waals surface area contributed by atoms with Gasteiger partial charge in [-0.3, -0.25) is 0 Å². The minimum absolute atomic E-state index is 0.124. The molecule has 0 bridgehead atoms. The van der Waals surface area contributed by atoms with Gasteiger partial charge in [0.15, 0.2) is 0 Å². The van der Waals surface area contributed by atoms with Crippen molar-refractivity contribution in [1.29, 1.82) is 0 Å². The van der Waals surface area contributed by atoms with Gasteiger partial charge < -0.3 is 0 Å². The first-order chi connectivity index (χ1) is 14.3. The maximum absolute atomic E-state index is 12.9. The van der Waals surface area contributed by atoms with E-state index in [1.165, 1.54) is 16.9 Å². The number of benzene rings is 3. The van der Waals surface area contributed by atoms with Gasteiger partial charge >= 0.3 is 0 Å². The minimum Gasteiger partial charge on any atom is -0.200 e. The van der Waals surface area contributed by atoms with Gasteiger partial charge in [0.05, 0.1) is 26.3 Å². The number of hydrogen-bond donors (Lipinski definition) is 1. The smallest absolute Gasteiger partial charge is 0.200 e. The molecule has 0 saturated carbocycles. The lowest BCUT2D eigenvalue weighted by Crippen LogP contribution is -2.25. The second kappa shape index (κ2) is 8.32. The van der Waals surface area contributed by atoms with Crippen LogP contribution in [0.15, 0.2) is 83.8 Å². The van der Waals surface area contributed by atoms with Crippen LogP contribution in [0, 0.1) is 0 Å². The fraction of sp³-hybridized carbons (Fsp3) is 0. The molecule has 0 atom stereocenters. The molecule has 0 fully saturated rings. The quantitative estimate of drug-likeness (QED) is 0.376. The highest BCUT2D eigenvalue weighted by molar-refractivity contribution is 7.92. The lowest BCUT2D eigenvalue weighted by Gasteiger charge is -2.11. The summed E-state index contributed by atoms with van der Waals surface area (Å²) >= 11 is 18.1. The molecule has 1 N–H and O–H groups in total. The first-order valence-electron chi connectivity index (χ1n) is 8.73. The van der Waals surface area contributed by atoms with Gasteiger partial charge in [0, 0.05) is 16.1 Å². The van der Waals surface area contributed by atoms with Crippen molar-refractivity contribution in [3.63, 3.8) is 0 Å². The van der Waals surface area contributed by atoms with Crippen molar-refractivity contribution in [3.05, 3.63) is 93.9 Å². The van der Waals surface area contributed by atoms with Gasteiger partial charge in [0.25, 0.3) is 10.0 Å². The molecule has 0 amide bonds. The zero-order chi connectivity index (χ0) is 21.3. The lowest BCUT2D eigenvalue weighted by molar-refractivity contribution is 0.592. The molecule has 4 rings (SSSR count). The van der Waals surface area contributed by atoms with Crippen molar-refractivity contribution in [2.45, 2.75) is 4.90 Å². The largest absolute Gasteiger partial charge is 0.276 e. The summed E-state index contributed by atoms with van der Waals surface area (Å²) in [4.78, 5) is 3.87. The summed E-state index contributed by atoms with van der Waals surface area (Å²) in [5.41, 5.74) is 2.48. The zero-order valence-electron chi connectivity index (χ0n) is 15.3. The number of hydrogen-bond acceptors (Lipinski definition) is 3. The monoisotopic (exact) mass is 477 g/mol. The fourth-order valence-corrected chi connectivity index (χ4v) is 4.25. The van der Waals surface area contributed by atoms with Gasteiger partial charge in [0.2, 0.25) is 0 Å². The van der Waals surface area contributed by atoms with Crippen molar-refractivity contribution in [1.82, 2.24) is 9.89 Å². The van der Waals surface area contributed by atoms with Gasteiger partial charge in [-0.25, -0.2) is 0 Å². The molecule has 0 aliphatic heterocycles. The van der Waals surface area contributed by atoms with E-state index in [4.69, 9.17) is 34.8 Å². The standard InChI is InChI=1S/C21H14Cl3N3O2S/c22-16-9-6-14(7-10-16)21-13-20(15-8-11-18(23)19(24)12-15)25-27(21)26-30(28,29)17-4-2-1-3-5-17/h1-13,26H. The highest BCUT2D eigenvalue weighted by Gasteiger charge is 2.19. The van der Waals surface area contributed by atoms with Crippen molar-refractivity contribution in [3.8, 4) is 22.5 Å². The Morgan fingerprint density at radius 2 is 1.43 bits per heavy atom. The molecule has 152 valence electrons. The number of rotatable bonds is 5. The number of nitrogens with one attached hydrogen (secondary N) is 1. The van der Waals surface area contributed by atoms with Crippen LogP contribution in [0.2, 0.25) is 15.1 Å². The van der Waals surface area contributed by atoms with Crippen LogP contribution in [0.5, 0.6) is 0 Å². The van der Waals surface area contributed by atoms with Gasteiger partial charge in [-0.1, -0.05) is 71.2 Å². The molecule has 0 unspecified atom stereocenters. The molecule has 0 saturated heterocycles. The Labute approximate surface area is 188 Å². The molecular weight excluding hydrogens is 465 g/mol. The summed E-state index contributed by atoms with van der Waals surface area (Å²) < 4.78 is 25.7. The van der Waals surface area contributed by atoms with Crippen LogP contribution >= 0.6 is 34.8 Å². The second-order valence-corrected chi connectivity index (χ2v) is 9.28. The van der Waals surface area contributed by atoms with E-state index in [1.807, 2.05) is 0 Å². The molecule has 9 heteroatoms. The van der Waals surface area contributed by atoms with E-state index in [-0.39, 0.29) is 4.90 Å². The lowest BCUT2D eigenvalue weighted by atomic mass is 10.1. The third-order valence-electron chi connectivity index (χ3n) is 4.32. The van der Waals surface area contributed by atoms with E-state index in [1.54, 1.807) is 66.7 Å². The molecule has 30 heavy (non-hydrogen) atoms. The van der Waals surface area contributed by atoms with Crippen LogP contribution in [0.25, 0.3) is 22.5 Å². The van der Waals surface area contributed by atoms with Crippen LogP contribution in [0.4, 0.5) is 0 Å². The molecule has 5 nitrogen and oxygen atoms in total. The molecule has 1 aromatic heterocycles. The van der Waals surface area contributed by atoms with Crippen molar-refractivity contribution >= 4 is 44.8 Å². The molecule has 4 aromatic rings. The Hall–Kier alpha value is -2.51. The molecule has 1 heterocycles. The van der Waals surface area contributed by atoms with Crippen LogP contribution in [-0.2, 0) is 10.0 Å². The maximum atomic E-state index is 12.9. The van der Waals surface area contributed by atoms with Gasteiger partial charge in [-0.15, -0.1) is 0 Å². The molecule has 0 aliphatic carbocycles. The molecule has 0 radical (unpaired) electrons. The second-order valence-electron chi connectivity index (χ2n) is 6.37. The Morgan fingerprint density at radius 3 is 2.10 bits per heavy atom. The van der Waals surface area contributed by atoms with Crippen LogP contribution in [0.1, 0.15) is 0 Å². The molecular formula is C21H14Cl3N3O2S. The average Bonchev–Trinajstić information content (AvgIpc) is 3.14. The van der Waals surface area contributed by atoms with Crippen molar-refractivity contribution < 1.29 is 8.42 Å². The van der Waals surface area contributed by atoms with Gasteiger partial charge in [-0.2, -0.15) is 23.1 Å². The molecule has 0 spiro atoms.